The summed E-state index contributed by atoms with van der Waals surface area (Å²) in [5, 5.41) is 2.82. The molecule has 1 aromatic rings. The van der Waals surface area contributed by atoms with Gasteiger partial charge in [-0.1, -0.05) is 0 Å². The van der Waals surface area contributed by atoms with Crippen LogP contribution in [-0.4, -0.2) is 42.1 Å². The van der Waals surface area contributed by atoms with Gasteiger partial charge in [-0.25, -0.2) is 0 Å². The van der Waals surface area contributed by atoms with E-state index in [2.05, 4.69) is 5.32 Å². The molecule has 1 aromatic heterocycles. The number of thiophene rings is 1. The van der Waals surface area contributed by atoms with Crippen molar-refractivity contribution in [3.63, 3.8) is 0 Å². The number of ketones is 1. The Kier molecular flexibility index (Phi) is 6.33. The van der Waals surface area contributed by atoms with E-state index in [9.17, 15) is 14.4 Å². The first-order chi connectivity index (χ1) is 11.0. The van der Waals surface area contributed by atoms with Crippen molar-refractivity contribution >= 4 is 28.9 Å². The van der Waals surface area contributed by atoms with Gasteiger partial charge in [0.2, 0.25) is 11.8 Å². The first kappa shape index (κ1) is 17.7. The van der Waals surface area contributed by atoms with Gasteiger partial charge in [0.1, 0.15) is 0 Å². The quantitative estimate of drug-likeness (QED) is 0.586. The summed E-state index contributed by atoms with van der Waals surface area (Å²) in [6.45, 7) is 6.00. The van der Waals surface area contributed by atoms with Crippen molar-refractivity contribution in [1.82, 2.24) is 10.2 Å². The zero-order chi connectivity index (χ0) is 16.8. The Balaban J connectivity index is 1.62. The SMILES string of the molecule is Cc1cc(C(=O)CCC(=O)NCCCN2CCCC2=O)c(C)s1. The molecule has 2 rings (SSSR count). The number of carbonyl (C=O) groups is 3. The molecule has 2 amide bonds. The van der Waals surface area contributed by atoms with Crippen LogP contribution in [-0.2, 0) is 9.59 Å². The van der Waals surface area contributed by atoms with Crippen molar-refractivity contribution in [2.75, 3.05) is 19.6 Å². The van der Waals surface area contributed by atoms with E-state index in [0.717, 1.165) is 34.7 Å². The topological polar surface area (TPSA) is 66.5 Å². The van der Waals surface area contributed by atoms with Gasteiger partial charge in [0.15, 0.2) is 5.78 Å². The maximum Gasteiger partial charge on any atom is 0.222 e. The monoisotopic (exact) mass is 336 g/mol. The zero-order valence-corrected chi connectivity index (χ0v) is 14.6. The van der Waals surface area contributed by atoms with Crippen molar-refractivity contribution in [2.45, 2.75) is 46.0 Å². The van der Waals surface area contributed by atoms with Crippen LogP contribution in [0.1, 0.15) is 52.2 Å². The van der Waals surface area contributed by atoms with Crippen LogP contribution < -0.4 is 5.32 Å². The molecule has 0 unspecified atom stereocenters. The summed E-state index contributed by atoms with van der Waals surface area (Å²) in [5.41, 5.74) is 0.743. The Morgan fingerprint density at radius 3 is 2.70 bits per heavy atom. The van der Waals surface area contributed by atoms with Crippen LogP contribution in [0.2, 0.25) is 0 Å². The minimum Gasteiger partial charge on any atom is -0.356 e. The maximum atomic E-state index is 12.1. The predicted octanol–water partition coefficient (Wildman–Crippen LogP) is 2.46. The molecule has 0 spiro atoms. The molecular weight excluding hydrogens is 312 g/mol. The smallest absolute Gasteiger partial charge is 0.222 e. The number of nitrogens with zero attached hydrogens (tertiary/aromatic N) is 1. The Hall–Kier alpha value is -1.69. The van der Waals surface area contributed by atoms with Crippen molar-refractivity contribution in [3.8, 4) is 0 Å². The summed E-state index contributed by atoms with van der Waals surface area (Å²) < 4.78 is 0. The van der Waals surface area contributed by atoms with Crippen LogP contribution >= 0.6 is 11.3 Å². The Bertz CT molecular complexity index is 595. The molecule has 0 saturated carbocycles. The molecule has 0 aromatic carbocycles. The van der Waals surface area contributed by atoms with Crippen molar-refractivity contribution in [3.05, 3.63) is 21.4 Å². The number of amides is 2. The highest BCUT2D eigenvalue weighted by Crippen LogP contribution is 2.22. The zero-order valence-electron chi connectivity index (χ0n) is 13.8. The van der Waals surface area contributed by atoms with E-state index >= 15 is 0 Å². The van der Waals surface area contributed by atoms with Gasteiger partial charge in [-0.3, -0.25) is 14.4 Å². The summed E-state index contributed by atoms with van der Waals surface area (Å²) in [7, 11) is 0. The predicted molar refractivity (Wildman–Crippen MR) is 90.8 cm³/mol. The molecule has 1 N–H and O–H groups in total. The van der Waals surface area contributed by atoms with E-state index in [4.69, 9.17) is 0 Å². The Morgan fingerprint density at radius 1 is 1.30 bits per heavy atom. The molecule has 0 aliphatic carbocycles. The van der Waals surface area contributed by atoms with Crippen molar-refractivity contribution in [2.24, 2.45) is 0 Å². The normalized spacial score (nSPS) is 14.3. The molecule has 1 fully saturated rings. The number of nitrogens with one attached hydrogen (secondary N) is 1. The average Bonchev–Trinajstić information content (AvgIpc) is 3.06. The molecular formula is C17H24N2O3S. The van der Waals surface area contributed by atoms with Gasteiger partial charge in [-0.2, -0.15) is 0 Å². The first-order valence-corrected chi connectivity index (χ1v) is 8.93. The fraction of sp³-hybridized carbons (Fsp3) is 0.588. The molecule has 1 aliphatic heterocycles. The number of hydrogen-bond donors (Lipinski definition) is 1. The summed E-state index contributed by atoms with van der Waals surface area (Å²) in [4.78, 5) is 39.3. The third-order valence-corrected chi connectivity index (χ3v) is 4.98. The van der Waals surface area contributed by atoms with Gasteiger partial charge in [-0.05, 0) is 32.8 Å². The van der Waals surface area contributed by atoms with Gasteiger partial charge in [-0.15, -0.1) is 11.3 Å². The lowest BCUT2D eigenvalue weighted by atomic mass is 10.1. The van der Waals surface area contributed by atoms with Crippen LogP contribution in [0.15, 0.2) is 6.07 Å². The van der Waals surface area contributed by atoms with Crippen LogP contribution in [0.3, 0.4) is 0 Å². The third-order valence-electron chi connectivity index (χ3n) is 4.02. The number of Topliss-reactive ketones (excluding diaryl/α,β-unsaturated/α-hetero) is 1. The number of likely N-dealkylation sites (tertiary alicyclic amines) is 1. The summed E-state index contributed by atoms with van der Waals surface area (Å²) >= 11 is 1.61. The van der Waals surface area contributed by atoms with Crippen LogP contribution in [0.4, 0.5) is 0 Å². The molecule has 5 nitrogen and oxygen atoms in total. The van der Waals surface area contributed by atoms with E-state index in [-0.39, 0.29) is 30.4 Å². The highest BCUT2D eigenvalue weighted by molar-refractivity contribution is 7.12. The fourth-order valence-electron chi connectivity index (χ4n) is 2.80. The second kappa shape index (κ2) is 8.24. The summed E-state index contributed by atoms with van der Waals surface area (Å²) in [6, 6.07) is 1.90. The van der Waals surface area contributed by atoms with Gasteiger partial charge >= 0.3 is 0 Å². The molecule has 6 heteroatoms. The fourth-order valence-corrected chi connectivity index (χ4v) is 3.74. The summed E-state index contributed by atoms with van der Waals surface area (Å²) in [5.74, 6) is 0.142. The highest BCUT2D eigenvalue weighted by Gasteiger charge is 2.19. The standard InChI is InChI=1S/C17H24N2O3S/c1-12-11-14(13(2)23-12)15(20)6-7-16(21)18-8-4-10-19-9-3-5-17(19)22/h11H,3-10H2,1-2H3,(H,18,21). The largest absolute Gasteiger partial charge is 0.356 e. The van der Waals surface area contributed by atoms with E-state index in [1.807, 2.05) is 24.8 Å². The number of hydrogen-bond acceptors (Lipinski definition) is 4. The average molecular weight is 336 g/mol. The van der Waals surface area contributed by atoms with Crippen LogP contribution in [0, 0.1) is 13.8 Å². The number of rotatable bonds is 8. The minimum absolute atomic E-state index is 0.0321. The van der Waals surface area contributed by atoms with E-state index in [1.54, 1.807) is 11.3 Å². The molecule has 0 radical (unpaired) electrons. The first-order valence-electron chi connectivity index (χ1n) is 8.12. The second-order valence-corrected chi connectivity index (χ2v) is 7.40. The molecule has 2 heterocycles. The van der Waals surface area contributed by atoms with E-state index in [1.165, 1.54) is 0 Å². The second-order valence-electron chi connectivity index (χ2n) is 5.94. The lowest BCUT2D eigenvalue weighted by molar-refractivity contribution is -0.127. The van der Waals surface area contributed by atoms with Crippen molar-refractivity contribution in [1.29, 1.82) is 0 Å². The lowest BCUT2D eigenvalue weighted by Crippen LogP contribution is -2.30. The number of aryl methyl sites for hydroxylation is 2. The highest BCUT2D eigenvalue weighted by atomic mass is 32.1. The molecule has 23 heavy (non-hydrogen) atoms. The van der Waals surface area contributed by atoms with E-state index < -0.39 is 0 Å². The lowest BCUT2D eigenvalue weighted by Gasteiger charge is -2.15. The minimum atomic E-state index is -0.101. The maximum absolute atomic E-state index is 12.1. The van der Waals surface area contributed by atoms with Crippen LogP contribution in [0.5, 0.6) is 0 Å². The molecule has 1 aliphatic rings. The molecule has 1 saturated heterocycles. The molecule has 126 valence electrons. The number of carbonyl (C=O) groups excluding carboxylic acids is 3. The van der Waals surface area contributed by atoms with Gasteiger partial charge in [0, 0.05) is 54.2 Å². The Morgan fingerprint density at radius 2 is 2.09 bits per heavy atom. The third kappa shape index (κ3) is 5.16. The summed E-state index contributed by atoms with van der Waals surface area (Å²) in [6.07, 6.45) is 2.81. The molecule has 0 bridgehead atoms. The van der Waals surface area contributed by atoms with Crippen LogP contribution in [0.25, 0.3) is 0 Å². The van der Waals surface area contributed by atoms with Gasteiger partial charge in [0.05, 0.1) is 0 Å². The van der Waals surface area contributed by atoms with Gasteiger partial charge in [0.25, 0.3) is 0 Å². The molecule has 0 atom stereocenters. The Labute approximate surface area is 141 Å². The van der Waals surface area contributed by atoms with Gasteiger partial charge < -0.3 is 10.2 Å². The van der Waals surface area contributed by atoms with Crippen molar-refractivity contribution < 1.29 is 14.4 Å². The van der Waals surface area contributed by atoms with E-state index in [0.29, 0.717) is 19.5 Å².